The van der Waals surface area contributed by atoms with E-state index in [1.165, 1.54) is 6.42 Å². The van der Waals surface area contributed by atoms with Crippen molar-refractivity contribution in [2.75, 3.05) is 32.7 Å². The maximum atomic E-state index is 12.9. The minimum absolute atomic E-state index is 0.179. The number of carbonyl (C=O) groups excluding carboxylic acids is 3. The molecule has 3 rings (SSSR count). The maximum absolute atomic E-state index is 12.9. The van der Waals surface area contributed by atoms with Gasteiger partial charge in [0, 0.05) is 19.6 Å². The summed E-state index contributed by atoms with van der Waals surface area (Å²) in [4.78, 5) is 41.1. The van der Waals surface area contributed by atoms with Gasteiger partial charge in [-0.3, -0.25) is 14.5 Å². The Labute approximate surface area is 174 Å². The smallest absolute Gasteiger partial charge is 0.325 e. The highest BCUT2D eigenvalue weighted by Crippen LogP contribution is 2.37. The van der Waals surface area contributed by atoms with Crippen LogP contribution in [0, 0.1) is 17.8 Å². The first-order valence-electron chi connectivity index (χ1n) is 11.5. The summed E-state index contributed by atoms with van der Waals surface area (Å²) in [5, 5.41) is 5.77. The Balaban J connectivity index is 1.40. The molecule has 3 aliphatic rings. The highest BCUT2D eigenvalue weighted by molar-refractivity contribution is 6.09. The van der Waals surface area contributed by atoms with Crippen LogP contribution >= 0.6 is 0 Å². The molecule has 2 aliphatic heterocycles. The van der Waals surface area contributed by atoms with Gasteiger partial charge in [0.15, 0.2) is 0 Å². The predicted molar refractivity (Wildman–Crippen MR) is 112 cm³/mol. The normalized spacial score (nSPS) is 33.2. The molecule has 1 spiro atoms. The standard InChI is InChI=1S/C22H38N4O3/c1-4-18-6-8-22(9-7-18)20(28)26(21(29)24-22)15-19(27)23-10-5-11-25-13-16(2)12-17(3)14-25/h16-18H,4-15H2,1-3H3,(H,23,27)(H,24,29)/t16-,17-,18?,22?/m1/s1. The third kappa shape index (κ3) is 5.30. The third-order valence-electron chi connectivity index (χ3n) is 7.00. The van der Waals surface area contributed by atoms with Gasteiger partial charge >= 0.3 is 6.03 Å². The molecule has 1 aliphatic carbocycles. The van der Waals surface area contributed by atoms with E-state index in [1.54, 1.807) is 0 Å². The first-order chi connectivity index (χ1) is 13.8. The fraction of sp³-hybridized carbons (Fsp3) is 0.864. The lowest BCUT2D eigenvalue weighted by atomic mass is 9.75. The van der Waals surface area contributed by atoms with E-state index < -0.39 is 11.6 Å². The minimum atomic E-state index is -0.773. The van der Waals surface area contributed by atoms with Crippen LogP contribution in [0.3, 0.4) is 0 Å². The quantitative estimate of drug-likeness (QED) is 0.502. The van der Waals surface area contributed by atoms with Gasteiger partial charge in [-0.2, -0.15) is 0 Å². The van der Waals surface area contributed by atoms with Gasteiger partial charge in [0.25, 0.3) is 5.91 Å². The minimum Gasteiger partial charge on any atom is -0.354 e. The zero-order valence-electron chi connectivity index (χ0n) is 18.3. The molecule has 2 saturated heterocycles. The van der Waals surface area contributed by atoms with Crippen molar-refractivity contribution in [1.29, 1.82) is 0 Å². The van der Waals surface area contributed by atoms with Crippen LogP contribution in [0.2, 0.25) is 0 Å². The van der Waals surface area contributed by atoms with Crippen molar-refractivity contribution < 1.29 is 14.4 Å². The molecule has 2 atom stereocenters. The summed E-state index contributed by atoms with van der Waals surface area (Å²) in [6.07, 6.45) is 6.56. The average Bonchev–Trinajstić information content (AvgIpc) is 2.89. The summed E-state index contributed by atoms with van der Waals surface area (Å²) < 4.78 is 0. The summed E-state index contributed by atoms with van der Waals surface area (Å²) in [7, 11) is 0. The van der Waals surface area contributed by atoms with Crippen LogP contribution in [0.4, 0.5) is 4.79 Å². The van der Waals surface area contributed by atoms with Gasteiger partial charge in [0.1, 0.15) is 12.1 Å². The number of nitrogens with zero attached hydrogens (tertiary/aromatic N) is 2. The van der Waals surface area contributed by atoms with Crippen molar-refractivity contribution >= 4 is 17.8 Å². The molecule has 0 aromatic carbocycles. The third-order valence-corrected chi connectivity index (χ3v) is 7.00. The van der Waals surface area contributed by atoms with E-state index in [1.807, 2.05) is 0 Å². The van der Waals surface area contributed by atoms with Crippen LogP contribution in [-0.2, 0) is 9.59 Å². The van der Waals surface area contributed by atoms with Crippen LogP contribution in [0.25, 0.3) is 0 Å². The fourth-order valence-electron chi connectivity index (χ4n) is 5.44. The van der Waals surface area contributed by atoms with Gasteiger partial charge in [-0.15, -0.1) is 0 Å². The van der Waals surface area contributed by atoms with Crippen molar-refractivity contribution in [3.63, 3.8) is 0 Å². The summed E-state index contributed by atoms with van der Waals surface area (Å²) in [6.45, 7) is 10.4. The molecular formula is C22H38N4O3. The Hall–Kier alpha value is -1.63. The summed E-state index contributed by atoms with van der Waals surface area (Å²) in [5.41, 5.74) is -0.773. The number of amides is 4. The van der Waals surface area contributed by atoms with E-state index in [0.717, 1.165) is 62.1 Å². The second kappa shape index (κ2) is 9.45. The molecule has 7 nitrogen and oxygen atoms in total. The summed E-state index contributed by atoms with van der Waals surface area (Å²) >= 11 is 0. The molecular weight excluding hydrogens is 368 g/mol. The van der Waals surface area contributed by atoms with Gasteiger partial charge < -0.3 is 15.5 Å². The molecule has 0 radical (unpaired) electrons. The summed E-state index contributed by atoms with van der Waals surface area (Å²) in [5.74, 6) is 1.62. The Morgan fingerprint density at radius 3 is 2.45 bits per heavy atom. The van der Waals surface area contributed by atoms with Gasteiger partial charge in [-0.05, 0) is 62.8 Å². The lowest BCUT2D eigenvalue weighted by Crippen LogP contribution is -2.50. The largest absolute Gasteiger partial charge is 0.354 e. The molecule has 7 heteroatoms. The van der Waals surface area contributed by atoms with Crippen molar-refractivity contribution in [3.05, 3.63) is 0 Å². The molecule has 2 heterocycles. The molecule has 2 N–H and O–H groups in total. The highest BCUT2D eigenvalue weighted by Gasteiger charge is 2.52. The van der Waals surface area contributed by atoms with E-state index in [0.29, 0.717) is 25.3 Å². The number of likely N-dealkylation sites (tertiary alicyclic amines) is 1. The molecule has 1 saturated carbocycles. The molecule has 0 aromatic heterocycles. The van der Waals surface area contributed by atoms with Crippen LogP contribution in [0.15, 0.2) is 0 Å². The van der Waals surface area contributed by atoms with Crippen molar-refractivity contribution in [2.45, 2.75) is 71.3 Å². The number of rotatable bonds is 7. The number of nitrogens with one attached hydrogen (secondary N) is 2. The van der Waals surface area contributed by atoms with E-state index in [-0.39, 0.29) is 18.4 Å². The zero-order chi connectivity index (χ0) is 21.0. The molecule has 164 valence electrons. The van der Waals surface area contributed by atoms with Gasteiger partial charge in [0.2, 0.25) is 5.91 Å². The van der Waals surface area contributed by atoms with Crippen LogP contribution < -0.4 is 10.6 Å². The van der Waals surface area contributed by atoms with Gasteiger partial charge in [-0.25, -0.2) is 4.79 Å². The topological polar surface area (TPSA) is 81.8 Å². The van der Waals surface area contributed by atoms with Crippen LogP contribution in [0.5, 0.6) is 0 Å². The van der Waals surface area contributed by atoms with E-state index >= 15 is 0 Å². The number of carbonyl (C=O) groups is 3. The summed E-state index contributed by atoms with van der Waals surface area (Å²) in [6, 6.07) is -0.420. The average molecular weight is 407 g/mol. The Kier molecular flexibility index (Phi) is 7.19. The second-order valence-corrected chi connectivity index (χ2v) is 9.66. The second-order valence-electron chi connectivity index (χ2n) is 9.66. The number of piperidine rings is 1. The number of hydrogen-bond acceptors (Lipinski definition) is 4. The van der Waals surface area contributed by atoms with Crippen LogP contribution in [-0.4, -0.2) is 65.9 Å². The van der Waals surface area contributed by atoms with E-state index in [9.17, 15) is 14.4 Å². The number of urea groups is 1. The molecule has 0 bridgehead atoms. The number of hydrogen-bond donors (Lipinski definition) is 2. The molecule has 0 unspecified atom stereocenters. The van der Waals surface area contributed by atoms with E-state index in [4.69, 9.17) is 0 Å². The maximum Gasteiger partial charge on any atom is 0.325 e. The van der Waals surface area contributed by atoms with Crippen molar-refractivity contribution in [3.8, 4) is 0 Å². The van der Waals surface area contributed by atoms with Crippen LogP contribution in [0.1, 0.15) is 65.7 Å². The lowest BCUT2D eigenvalue weighted by Gasteiger charge is -2.35. The van der Waals surface area contributed by atoms with E-state index in [2.05, 4.69) is 36.3 Å². The Bertz CT molecular complexity index is 605. The monoisotopic (exact) mass is 406 g/mol. The Morgan fingerprint density at radius 1 is 1.17 bits per heavy atom. The van der Waals surface area contributed by atoms with Crippen molar-refractivity contribution in [1.82, 2.24) is 20.4 Å². The zero-order valence-corrected chi connectivity index (χ0v) is 18.3. The Morgan fingerprint density at radius 2 is 1.83 bits per heavy atom. The SMILES string of the molecule is CCC1CCC2(CC1)NC(=O)N(CC(=O)NCCCN1C[C@H](C)C[C@@H](C)C1)C2=O. The molecule has 3 fully saturated rings. The predicted octanol–water partition coefficient (Wildman–Crippen LogP) is 2.36. The lowest BCUT2D eigenvalue weighted by molar-refractivity contribution is -0.136. The fourth-order valence-corrected chi connectivity index (χ4v) is 5.44. The first-order valence-corrected chi connectivity index (χ1v) is 11.5. The number of imide groups is 1. The molecule has 4 amide bonds. The van der Waals surface area contributed by atoms with Gasteiger partial charge in [-0.1, -0.05) is 27.2 Å². The highest BCUT2D eigenvalue weighted by atomic mass is 16.2. The first kappa shape index (κ1) is 22.1. The molecule has 29 heavy (non-hydrogen) atoms. The molecule has 0 aromatic rings. The van der Waals surface area contributed by atoms with Crippen molar-refractivity contribution in [2.24, 2.45) is 17.8 Å². The van der Waals surface area contributed by atoms with Gasteiger partial charge in [0.05, 0.1) is 0 Å².